The van der Waals surface area contributed by atoms with E-state index in [1.54, 1.807) is 0 Å². The summed E-state index contributed by atoms with van der Waals surface area (Å²) in [7, 11) is 0. The van der Waals surface area contributed by atoms with E-state index in [4.69, 9.17) is 11.5 Å². The summed E-state index contributed by atoms with van der Waals surface area (Å²) < 4.78 is 0. The zero-order valence-electron chi connectivity index (χ0n) is 12.6. The molecule has 0 bridgehead atoms. The molecule has 0 radical (unpaired) electrons. The first-order valence-electron chi connectivity index (χ1n) is 7.26. The largest absolute Gasteiger partial charge is 0.370 e. The normalized spacial score (nSPS) is 19.4. The van der Waals surface area contributed by atoms with E-state index in [0.29, 0.717) is 19.5 Å². The SMILES string of the molecule is CCC(CC)(CN)C(=O)N1CCCC(CC(N)=O)C1.Cl. The van der Waals surface area contributed by atoms with E-state index < -0.39 is 5.41 Å². The van der Waals surface area contributed by atoms with Crippen molar-refractivity contribution < 1.29 is 9.59 Å². The number of nitrogens with zero attached hydrogens (tertiary/aromatic N) is 1. The van der Waals surface area contributed by atoms with Crippen LogP contribution in [-0.2, 0) is 9.59 Å². The molecule has 0 aliphatic carbocycles. The van der Waals surface area contributed by atoms with E-state index in [1.165, 1.54) is 0 Å². The lowest BCUT2D eigenvalue weighted by molar-refractivity contribution is -0.144. The maximum absolute atomic E-state index is 12.7. The Morgan fingerprint density at radius 1 is 1.30 bits per heavy atom. The highest BCUT2D eigenvalue weighted by atomic mass is 35.5. The minimum Gasteiger partial charge on any atom is -0.370 e. The van der Waals surface area contributed by atoms with Gasteiger partial charge in [0.05, 0.1) is 5.41 Å². The summed E-state index contributed by atoms with van der Waals surface area (Å²) in [4.78, 5) is 25.6. The fraction of sp³-hybridized carbons (Fsp3) is 0.857. The molecule has 2 amide bonds. The summed E-state index contributed by atoms with van der Waals surface area (Å²) in [6.45, 7) is 5.83. The van der Waals surface area contributed by atoms with E-state index in [9.17, 15) is 9.59 Å². The first-order valence-corrected chi connectivity index (χ1v) is 7.26. The van der Waals surface area contributed by atoms with Gasteiger partial charge in [0.15, 0.2) is 0 Å². The van der Waals surface area contributed by atoms with Crippen LogP contribution in [-0.4, -0.2) is 36.3 Å². The minimum atomic E-state index is -0.436. The molecule has 4 N–H and O–H groups in total. The van der Waals surface area contributed by atoms with Crippen LogP contribution in [0.5, 0.6) is 0 Å². The van der Waals surface area contributed by atoms with Crippen molar-refractivity contribution in [2.75, 3.05) is 19.6 Å². The highest BCUT2D eigenvalue weighted by molar-refractivity contribution is 5.85. The van der Waals surface area contributed by atoms with Gasteiger partial charge < -0.3 is 16.4 Å². The Balaban J connectivity index is 0.00000361. The van der Waals surface area contributed by atoms with Crippen LogP contribution >= 0.6 is 12.4 Å². The molecule has 1 aliphatic heterocycles. The molecule has 20 heavy (non-hydrogen) atoms. The predicted molar refractivity (Wildman–Crippen MR) is 82.4 cm³/mol. The third-order valence-corrected chi connectivity index (χ3v) is 4.49. The lowest BCUT2D eigenvalue weighted by Crippen LogP contribution is -2.51. The third kappa shape index (κ3) is 4.35. The Labute approximate surface area is 127 Å². The van der Waals surface area contributed by atoms with Gasteiger partial charge in [-0.15, -0.1) is 12.4 Å². The van der Waals surface area contributed by atoms with Crippen LogP contribution in [0.2, 0.25) is 0 Å². The number of carbonyl (C=O) groups excluding carboxylic acids is 2. The van der Waals surface area contributed by atoms with Crippen LogP contribution in [0.25, 0.3) is 0 Å². The number of nitrogens with two attached hydrogens (primary N) is 2. The van der Waals surface area contributed by atoms with Crippen molar-refractivity contribution in [1.82, 2.24) is 4.90 Å². The van der Waals surface area contributed by atoms with E-state index >= 15 is 0 Å². The number of rotatable bonds is 6. The van der Waals surface area contributed by atoms with Crippen molar-refractivity contribution in [2.24, 2.45) is 22.8 Å². The van der Waals surface area contributed by atoms with Crippen molar-refractivity contribution in [3.63, 3.8) is 0 Å². The topological polar surface area (TPSA) is 89.4 Å². The van der Waals surface area contributed by atoms with E-state index in [0.717, 1.165) is 32.2 Å². The second-order valence-electron chi connectivity index (χ2n) is 5.62. The van der Waals surface area contributed by atoms with Gasteiger partial charge in [0, 0.05) is 26.1 Å². The smallest absolute Gasteiger partial charge is 0.230 e. The molecule has 0 aromatic carbocycles. The molecule has 1 atom stereocenters. The van der Waals surface area contributed by atoms with Gasteiger partial charge >= 0.3 is 0 Å². The molecule has 5 nitrogen and oxygen atoms in total. The van der Waals surface area contributed by atoms with Crippen LogP contribution in [0.1, 0.15) is 46.0 Å². The van der Waals surface area contributed by atoms with Crippen molar-refractivity contribution in [3.8, 4) is 0 Å². The van der Waals surface area contributed by atoms with E-state index in [2.05, 4.69) is 0 Å². The Bertz CT molecular complexity index is 324. The van der Waals surface area contributed by atoms with Crippen LogP contribution in [0, 0.1) is 11.3 Å². The monoisotopic (exact) mass is 305 g/mol. The summed E-state index contributed by atoms with van der Waals surface area (Å²) in [5.74, 6) is 0.0731. The molecule has 1 aliphatic rings. The zero-order valence-corrected chi connectivity index (χ0v) is 13.4. The van der Waals surface area contributed by atoms with Crippen molar-refractivity contribution in [1.29, 1.82) is 0 Å². The molecule has 6 heteroatoms. The van der Waals surface area contributed by atoms with Crippen LogP contribution < -0.4 is 11.5 Å². The number of likely N-dealkylation sites (tertiary alicyclic amines) is 1. The first-order chi connectivity index (χ1) is 8.99. The number of primary amides is 1. The van der Waals surface area contributed by atoms with Gasteiger partial charge in [-0.25, -0.2) is 0 Å². The minimum absolute atomic E-state index is 0. The van der Waals surface area contributed by atoms with Gasteiger partial charge in [-0.05, 0) is 31.6 Å². The Kier molecular flexibility index (Phi) is 8.13. The molecular weight excluding hydrogens is 278 g/mol. The lowest BCUT2D eigenvalue weighted by atomic mass is 9.80. The Hall–Kier alpha value is -0.810. The van der Waals surface area contributed by atoms with Gasteiger partial charge in [-0.1, -0.05) is 13.8 Å². The maximum atomic E-state index is 12.7. The number of hydrogen-bond donors (Lipinski definition) is 2. The fourth-order valence-corrected chi connectivity index (χ4v) is 2.96. The molecule has 0 spiro atoms. The average molecular weight is 306 g/mol. The van der Waals surface area contributed by atoms with Gasteiger partial charge in [0.1, 0.15) is 0 Å². The van der Waals surface area contributed by atoms with Crippen LogP contribution in [0.15, 0.2) is 0 Å². The quantitative estimate of drug-likeness (QED) is 0.775. The third-order valence-electron chi connectivity index (χ3n) is 4.49. The summed E-state index contributed by atoms with van der Waals surface area (Å²) >= 11 is 0. The Morgan fingerprint density at radius 3 is 2.35 bits per heavy atom. The fourth-order valence-electron chi connectivity index (χ4n) is 2.96. The summed E-state index contributed by atoms with van der Waals surface area (Å²) in [5.41, 5.74) is 10.6. The molecule has 118 valence electrons. The standard InChI is InChI=1S/C14H27N3O2.ClH/c1-3-14(4-2,10-15)13(19)17-7-5-6-11(9-17)8-12(16)18;/h11H,3-10,15H2,1-2H3,(H2,16,18);1H. The molecule has 1 unspecified atom stereocenters. The van der Waals surface area contributed by atoms with Crippen LogP contribution in [0.4, 0.5) is 0 Å². The zero-order chi connectivity index (χ0) is 14.5. The van der Waals surface area contributed by atoms with Crippen molar-refractivity contribution >= 4 is 24.2 Å². The van der Waals surface area contributed by atoms with Gasteiger partial charge in [0.25, 0.3) is 0 Å². The second kappa shape index (κ2) is 8.47. The van der Waals surface area contributed by atoms with E-state index in [-0.39, 0.29) is 30.1 Å². The summed E-state index contributed by atoms with van der Waals surface area (Å²) in [6.07, 6.45) is 3.81. The predicted octanol–water partition coefficient (Wildman–Crippen LogP) is 1.29. The first kappa shape index (κ1) is 19.2. The van der Waals surface area contributed by atoms with Crippen LogP contribution in [0.3, 0.4) is 0 Å². The van der Waals surface area contributed by atoms with Gasteiger partial charge in [-0.2, -0.15) is 0 Å². The highest BCUT2D eigenvalue weighted by Gasteiger charge is 2.38. The summed E-state index contributed by atoms with van der Waals surface area (Å²) in [6, 6.07) is 0. The second-order valence-corrected chi connectivity index (χ2v) is 5.62. The average Bonchev–Trinajstić information content (AvgIpc) is 2.40. The number of carbonyl (C=O) groups is 2. The van der Waals surface area contributed by atoms with Gasteiger partial charge in [-0.3, -0.25) is 9.59 Å². The van der Waals surface area contributed by atoms with E-state index in [1.807, 2.05) is 18.7 Å². The number of hydrogen-bond acceptors (Lipinski definition) is 3. The van der Waals surface area contributed by atoms with Crippen molar-refractivity contribution in [3.05, 3.63) is 0 Å². The lowest BCUT2D eigenvalue weighted by Gasteiger charge is -2.39. The number of amides is 2. The van der Waals surface area contributed by atoms with Crippen molar-refractivity contribution in [2.45, 2.75) is 46.0 Å². The maximum Gasteiger partial charge on any atom is 0.230 e. The molecule has 0 saturated carbocycles. The van der Waals surface area contributed by atoms with Gasteiger partial charge in [0.2, 0.25) is 11.8 Å². The number of halogens is 1. The molecule has 0 aromatic heterocycles. The summed E-state index contributed by atoms with van der Waals surface area (Å²) in [5, 5.41) is 0. The molecule has 1 rings (SSSR count). The molecule has 1 heterocycles. The molecule has 1 fully saturated rings. The number of piperidine rings is 1. The molecule has 1 saturated heterocycles. The highest BCUT2D eigenvalue weighted by Crippen LogP contribution is 2.30. The Morgan fingerprint density at radius 2 is 1.90 bits per heavy atom. The molecule has 0 aromatic rings. The molecular formula is C14H28ClN3O2.